The second-order valence-corrected chi connectivity index (χ2v) is 11.2. The summed E-state index contributed by atoms with van der Waals surface area (Å²) in [5.74, 6) is 0.559. The van der Waals surface area contributed by atoms with Crippen molar-refractivity contribution in [2.75, 3.05) is 6.61 Å². The van der Waals surface area contributed by atoms with Gasteiger partial charge in [0.1, 0.15) is 0 Å². The van der Waals surface area contributed by atoms with Crippen molar-refractivity contribution < 1.29 is 14.3 Å². The summed E-state index contributed by atoms with van der Waals surface area (Å²) in [6.45, 7) is 2.50. The fourth-order valence-electron chi connectivity index (χ4n) is 4.06. The number of para-hydroxylation sites is 1. The molecule has 4 bridgehead atoms. The fourth-order valence-corrected chi connectivity index (χ4v) is 7.17. The number of nitrogens with one attached hydrogen (secondary N) is 1. The van der Waals surface area contributed by atoms with E-state index >= 15 is 0 Å². The number of fused-ring (bicyclic) bond motifs is 2. The van der Waals surface area contributed by atoms with E-state index in [2.05, 4.69) is 5.10 Å². The van der Waals surface area contributed by atoms with E-state index in [-0.39, 0.29) is 15.4 Å². The zero-order chi connectivity index (χ0) is 20.8. The average molecular weight is 508 g/mol. The van der Waals surface area contributed by atoms with E-state index in [1.807, 2.05) is 13.0 Å². The van der Waals surface area contributed by atoms with E-state index in [1.165, 1.54) is 0 Å². The minimum atomic E-state index is -1.70. The summed E-state index contributed by atoms with van der Waals surface area (Å²) < 4.78 is 8.54. The van der Waals surface area contributed by atoms with Crippen molar-refractivity contribution in [3.8, 4) is 5.75 Å². The summed E-state index contributed by atoms with van der Waals surface area (Å²) in [6, 6.07) is 8.88. The Hall–Kier alpha value is -2.68. The van der Waals surface area contributed by atoms with Crippen LogP contribution < -0.4 is 13.9 Å². The molecular formula is C22H19N3O4Sn. The Morgan fingerprint density at radius 2 is 2.13 bits per heavy atom. The first-order valence-corrected chi connectivity index (χ1v) is 12.8. The number of aromatic nitrogens is 2. The summed E-state index contributed by atoms with van der Waals surface area (Å²) >= 11 is -1.70. The normalized spacial score (nSPS) is 18.6. The summed E-state index contributed by atoms with van der Waals surface area (Å²) in [4.78, 5) is 42.1. The number of hydrogen-bond acceptors (Lipinski definition) is 5. The van der Waals surface area contributed by atoms with E-state index in [0.29, 0.717) is 45.8 Å². The van der Waals surface area contributed by atoms with Gasteiger partial charge in [-0.05, 0) is 0 Å². The van der Waals surface area contributed by atoms with Gasteiger partial charge < -0.3 is 0 Å². The van der Waals surface area contributed by atoms with Crippen molar-refractivity contribution in [1.82, 2.24) is 9.78 Å². The Morgan fingerprint density at radius 1 is 1.27 bits per heavy atom. The second kappa shape index (κ2) is 7.53. The predicted octanol–water partition coefficient (Wildman–Crippen LogP) is 2.26. The Kier molecular flexibility index (Phi) is 4.85. The second-order valence-electron chi connectivity index (χ2n) is 7.66. The molecule has 30 heavy (non-hydrogen) atoms. The van der Waals surface area contributed by atoms with Crippen LogP contribution in [0.1, 0.15) is 48.1 Å². The third-order valence-corrected chi connectivity index (χ3v) is 8.82. The third-order valence-electron chi connectivity index (χ3n) is 5.64. The van der Waals surface area contributed by atoms with E-state index in [1.54, 1.807) is 28.9 Å². The van der Waals surface area contributed by atoms with Crippen LogP contribution in [0, 0.1) is 0 Å². The van der Waals surface area contributed by atoms with Crippen LogP contribution in [0.4, 0.5) is 5.69 Å². The Morgan fingerprint density at radius 3 is 2.97 bits per heavy atom. The number of ether oxygens (including phenoxy) is 1. The number of nitrogens with zero attached hydrogens (tertiary/aromatic N) is 2. The molecule has 2 aliphatic rings. The maximum absolute atomic E-state index is 13.1. The number of H-pyrrole nitrogens is 1. The first-order valence-electron chi connectivity index (χ1n) is 9.96. The van der Waals surface area contributed by atoms with Crippen LogP contribution in [0.2, 0.25) is 0 Å². The van der Waals surface area contributed by atoms with Crippen molar-refractivity contribution in [3.63, 3.8) is 0 Å². The van der Waals surface area contributed by atoms with Crippen LogP contribution in [-0.2, 0) is 4.79 Å². The molecule has 7 nitrogen and oxygen atoms in total. The monoisotopic (exact) mass is 509 g/mol. The fraction of sp³-hybridized carbons (Fsp3) is 0.273. The molecule has 0 fully saturated rings. The van der Waals surface area contributed by atoms with Gasteiger partial charge in [0.25, 0.3) is 0 Å². The van der Waals surface area contributed by atoms with Crippen LogP contribution in [0.5, 0.6) is 5.75 Å². The van der Waals surface area contributed by atoms with Crippen molar-refractivity contribution in [3.05, 3.63) is 51.8 Å². The van der Waals surface area contributed by atoms with E-state index in [9.17, 15) is 14.4 Å². The molecule has 2 radical (unpaired) electrons. The molecule has 0 spiro atoms. The standard InChI is InChI=1S/C22H19N3O4.Sn/c1-14-5-2-3-10-29-20-11-15(12-26)8-9-18(20)23-19(13-27)16-6-4-7-17-21(16)24-25(14)22(17)28;/h4,6-8,11-12,14,24H,2-3,5,10H2,1H3;. The minimum absolute atomic E-state index is 0.00159. The van der Waals surface area contributed by atoms with Crippen LogP contribution in [-0.4, -0.2) is 53.3 Å². The van der Waals surface area contributed by atoms with Crippen molar-refractivity contribution in [2.24, 2.45) is 4.99 Å². The van der Waals surface area contributed by atoms with Gasteiger partial charge in [0.15, 0.2) is 0 Å². The number of aromatic amines is 1. The molecule has 2 aromatic carbocycles. The van der Waals surface area contributed by atoms with Gasteiger partial charge in [-0.15, -0.1) is 0 Å². The quantitative estimate of drug-likeness (QED) is 0.404. The molecule has 1 atom stereocenters. The molecule has 8 heteroatoms. The SMILES string of the molecule is CC1CCCCOc2cc(C=O)c[c]3c2N=C([C](=O)[Sn]3)c2cccc3c(=O)n1[nH]c23. The van der Waals surface area contributed by atoms with Gasteiger partial charge in [-0.3, -0.25) is 0 Å². The number of benzene rings is 2. The molecule has 0 amide bonds. The van der Waals surface area contributed by atoms with Gasteiger partial charge >= 0.3 is 183 Å². The molecule has 1 unspecified atom stereocenters. The molecule has 0 saturated carbocycles. The van der Waals surface area contributed by atoms with E-state index in [4.69, 9.17) is 9.73 Å². The van der Waals surface area contributed by atoms with Gasteiger partial charge in [-0.25, -0.2) is 0 Å². The van der Waals surface area contributed by atoms with Crippen LogP contribution in [0.15, 0.2) is 40.1 Å². The number of hydrogen-bond donors (Lipinski definition) is 1. The molecule has 0 saturated heterocycles. The predicted molar refractivity (Wildman–Crippen MR) is 115 cm³/mol. The van der Waals surface area contributed by atoms with Gasteiger partial charge in [-0.2, -0.15) is 0 Å². The van der Waals surface area contributed by atoms with Gasteiger partial charge in [0.05, 0.1) is 0 Å². The number of rotatable bonds is 1. The maximum atomic E-state index is 13.1. The molecular weight excluding hydrogens is 489 g/mol. The number of carbonyl (C=O) groups is 2. The number of aliphatic imine (C=N–C) groups is 1. The average Bonchev–Trinajstić information content (AvgIpc) is 3.09. The van der Waals surface area contributed by atoms with Crippen molar-refractivity contribution in [1.29, 1.82) is 0 Å². The van der Waals surface area contributed by atoms with Crippen LogP contribution in [0.3, 0.4) is 0 Å². The Labute approximate surface area is 182 Å². The van der Waals surface area contributed by atoms with Gasteiger partial charge in [0, 0.05) is 0 Å². The summed E-state index contributed by atoms with van der Waals surface area (Å²) in [7, 11) is 0. The Balaban J connectivity index is 1.79. The van der Waals surface area contributed by atoms with E-state index in [0.717, 1.165) is 29.1 Å². The van der Waals surface area contributed by atoms with Crippen LogP contribution >= 0.6 is 0 Å². The first-order chi connectivity index (χ1) is 14.6. The molecule has 5 rings (SSSR count). The van der Waals surface area contributed by atoms with Gasteiger partial charge in [0.2, 0.25) is 0 Å². The van der Waals surface area contributed by atoms with Crippen LogP contribution in [0.25, 0.3) is 10.9 Å². The third kappa shape index (κ3) is 3.12. The zero-order valence-electron chi connectivity index (χ0n) is 16.4. The van der Waals surface area contributed by atoms with Gasteiger partial charge in [-0.1, -0.05) is 0 Å². The topological polar surface area (TPSA) is 93.5 Å². The number of carbonyl (C=O) groups excluding carboxylic acids is 2. The molecule has 1 aromatic heterocycles. The summed E-state index contributed by atoms with van der Waals surface area (Å²) in [6.07, 6.45) is 3.33. The summed E-state index contributed by atoms with van der Waals surface area (Å²) in [5.41, 5.74) is 2.76. The first kappa shape index (κ1) is 19.3. The molecule has 3 aromatic rings. The van der Waals surface area contributed by atoms with E-state index < -0.39 is 21.1 Å². The molecule has 3 heterocycles. The molecule has 0 aliphatic carbocycles. The Bertz CT molecular complexity index is 1290. The zero-order valence-corrected chi connectivity index (χ0v) is 19.3. The van der Waals surface area contributed by atoms with Crippen molar-refractivity contribution >= 4 is 57.1 Å². The molecule has 150 valence electrons. The molecule has 1 N–H and O–H groups in total. The number of aldehydes is 1. The van der Waals surface area contributed by atoms with Crippen molar-refractivity contribution in [2.45, 2.75) is 32.2 Å². The molecule has 2 aliphatic heterocycles. The summed E-state index contributed by atoms with van der Waals surface area (Å²) in [5, 5.41) is 3.81.